The van der Waals surface area contributed by atoms with Crippen molar-refractivity contribution in [2.45, 2.75) is 0 Å². The molecule has 50 valence electrons. The first-order valence-corrected chi connectivity index (χ1v) is 2.99. The van der Waals surface area contributed by atoms with Gasteiger partial charge in [-0.3, -0.25) is 9.79 Å². The van der Waals surface area contributed by atoms with E-state index in [1.807, 2.05) is 0 Å². The number of carbonyl (C=O) groups excluding carboxylic acids is 1. The number of rotatable bonds is 1. The van der Waals surface area contributed by atoms with Crippen LogP contribution in [-0.2, 0) is 9.09 Å². The summed E-state index contributed by atoms with van der Waals surface area (Å²) in [5.41, 5.74) is 4.23. The molecule has 0 heterocycles. The predicted molar refractivity (Wildman–Crippen MR) is 34.2 cm³/mol. The molecule has 0 aromatic carbocycles. The molecule has 2 radical (unpaired) electrons. The summed E-state index contributed by atoms with van der Waals surface area (Å²) >= 11 is 0. The molecule has 0 aliphatic carbocycles. The molecule has 0 unspecified atom stereocenters. The fourth-order valence-electron chi connectivity index (χ4n) is 0.117. The minimum absolute atomic E-state index is 0. The van der Waals surface area contributed by atoms with Gasteiger partial charge in [0.05, 0.1) is 0 Å². The average Bonchev–Trinajstić information content (AvgIpc) is 1.21. The molecule has 0 atom stereocenters. The smallest absolute Gasteiger partial charge is 0.354 e. The van der Waals surface area contributed by atoms with Crippen molar-refractivity contribution in [3.8, 4) is 0 Å². The molecular weight excluding hydrogens is 183 g/mol. The number of hydrogen-bond acceptors (Lipinski definition) is 3. The molecule has 4 N–H and O–H groups in total. The molecule has 0 saturated carbocycles. The minimum atomic E-state index is -4.70. The second-order valence-corrected chi connectivity index (χ2v) is 2.06. The molecule has 0 fully saturated rings. The zero-order chi connectivity index (χ0) is 6.78. The Morgan fingerprint density at radius 3 is 1.70 bits per heavy atom. The number of nitrogens with two attached hydrogens (primary N) is 1. The monoisotopic (exact) mass is 187 g/mol. The number of primary amides is 1. The average molecular weight is 187 g/mol. The largest absolute Gasteiger partial charge is 0.528 e. The SMILES string of the molecule is NC(=O)OP(=O)(O)O.[Na].[Na]. The van der Waals surface area contributed by atoms with Gasteiger partial charge in [-0.2, -0.15) is 0 Å². The van der Waals surface area contributed by atoms with Gasteiger partial charge in [0.2, 0.25) is 0 Å². The first kappa shape index (κ1) is 17.5. The normalized spacial score (nSPS) is 8.60. The fraction of sp³-hybridized carbons (Fsp3) is 0. The van der Waals surface area contributed by atoms with E-state index < -0.39 is 13.9 Å². The van der Waals surface area contributed by atoms with Crippen LogP contribution < -0.4 is 5.73 Å². The zero-order valence-corrected chi connectivity index (χ0v) is 10.5. The second-order valence-electron chi connectivity index (χ2n) is 0.901. The van der Waals surface area contributed by atoms with Crippen molar-refractivity contribution >= 4 is 73.0 Å². The maximum atomic E-state index is 9.61. The third-order valence-electron chi connectivity index (χ3n) is 0.209. The van der Waals surface area contributed by atoms with E-state index in [-0.39, 0.29) is 59.1 Å². The summed E-state index contributed by atoms with van der Waals surface area (Å²) in [6.45, 7) is 0. The summed E-state index contributed by atoms with van der Waals surface area (Å²) < 4.78 is 12.9. The van der Waals surface area contributed by atoms with E-state index in [2.05, 4.69) is 10.3 Å². The Morgan fingerprint density at radius 1 is 1.40 bits per heavy atom. The summed E-state index contributed by atoms with van der Waals surface area (Å²) in [4.78, 5) is 25.1. The third-order valence-corrected chi connectivity index (χ3v) is 0.627. The summed E-state index contributed by atoms with van der Waals surface area (Å²) in [6.07, 6.45) is -1.49. The molecule has 0 aromatic rings. The molecule has 0 rings (SSSR count). The van der Waals surface area contributed by atoms with Crippen LogP contribution in [0.1, 0.15) is 0 Å². The van der Waals surface area contributed by atoms with Crippen molar-refractivity contribution in [1.29, 1.82) is 0 Å². The molecule has 1 amide bonds. The number of phosphoric acid groups is 1. The molecular formula is CH4NNa2O5P. The number of hydrogen-bond donors (Lipinski definition) is 3. The summed E-state index contributed by atoms with van der Waals surface area (Å²) in [5, 5.41) is 0. The molecule has 0 aliphatic heterocycles. The van der Waals surface area contributed by atoms with Crippen LogP contribution in [0.15, 0.2) is 0 Å². The van der Waals surface area contributed by atoms with Gasteiger partial charge in [-0.25, -0.2) is 9.36 Å². The van der Waals surface area contributed by atoms with Gasteiger partial charge in [0, 0.05) is 59.1 Å². The Bertz CT molecular complexity index is 143. The van der Waals surface area contributed by atoms with Gasteiger partial charge in [-0.05, 0) is 0 Å². The van der Waals surface area contributed by atoms with Crippen molar-refractivity contribution in [3.63, 3.8) is 0 Å². The summed E-state index contributed by atoms with van der Waals surface area (Å²) in [5.74, 6) is 0. The Kier molecular flexibility index (Phi) is 12.4. The Morgan fingerprint density at radius 2 is 1.70 bits per heavy atom. The van der Waals surface area contributed by atoms with Gasteiger partial charge in [-0.1, -0.05) is 0 Å². The van der Waals surface area contributed by atoms with Crippen LogP contribution in [-0.4, -0.2) is 75.0 Å². The molecule has 0 saturated heterocycles. The van der Waals surface area contributed by atoms with Crippen molar-refractivity contribution in [3.05, 3.63) is 0 Å². The zero-order valence-electron chi connectivity index (χ0n) is 5.64. The van der Waals surface area contributed by atoms with Gasteiger partial charge in [0.15, 0.2) is 0 Å². The van der Waals surface area contributed by atoms with Gasteiger partial charge >= 0.3 is 13.9 Å². The number of carbonyl (C=O) groups is 1. The van der Waals surface area contributed by atoms with E-state index in [4.69, 9.17) is 9.79 Å². The van der Waals surface area contributed by atoms with Gasteiger partial charge in [0.25, 0.3) is 0 Å². The van der Waals surface area contributed by atoms with E-state index in [1.165, 1.54) is 0 Å². The van der Waals surface area contributed by atoms with Crippen LogP contribution in [0.2, 0.25) is 0 Å². The van der Waals surface area contributed by atoms with E-state index in [9.17, 15) is 9.36 Å². The maximum Gasteiger partial charge on any atom is 0.528 e. The minimum Gasteiger partial charge on any atom is -0.354 e. The topological polar surface area (TPSA) is 110 Å². The van der Waals surface area contributed by atoms with Crippen LogP contribution in [0.3, 0.4) is 0 Å². The maximum absolute atomic E-state index is 9.61. The first-order chi connectivity index (χ1) is 3.42. The van der Waals surface area contributed by atoms with Crippen LogP contribution in [0.5, 0.6) is 0 Å². The Balaban J connectivity index is -0.000000245. The third kappa shape index (κ3) is 16.2. The van der Waals surface area contributed by atoms with Crippen molar-refractivity contribution in [2.24, 2.45) is 5.73 Å². The molecule has 0 aromatic heterocycles. The van der Waals surface area contributed by atoms with Crippen LogP contribution in [0, 0.1) is 0 Å². The molecule has 9 heteroatoms. The van der Waals surface area contributed by atoms with Gasteiger partial charge < -0.3 is 10.3 Å². The van der Waals surface area contributed by atoms with E-state index in [1.54, 1.807) is 0 Å². The van der Waals surface area contributed by atoms with Crippen LogP contribution in [0.4, 0.5) is 4.79 Å². The van der Waals surface area contributed by atoms with Crippen molar-refractivity contribution in [2.75, 3.05) is 0 Å². The second kappa shape index (κ2) is 7.09. The Labute approximate surface area is 101 Å². The van der Waals surface area contributed by atoms with Gasteiger partial charge in [0.1, 0.15) is 0 Å². The predicted octanol–water partition coefficient (Wildman–Crippen LogP) is -1.59. The standard InChI is InChI=1S/CH4NO5P.2Na/c2-1(3)7-8(4,5)6;;/h(H2,2,3)(H2,4,5,6);;. The van der Waals surface area contributed by atoms with E-state index >= 15 is 0 Å². The van der Waals surface area contributed by atoms with Gasteiger partial charge in [-0.15, -0.1) is 0 Å². The van der Waals surface area contributed by atoms with Crippen molar-refractivity contribution in [1.82, 2.24) is 0 Å². The fourth-order valence-corrected chi connectivity index (χ4v) is 0.352. The molecule has 0 aliphatic rings. The molecule has 10 heavy (non-hydrogen) atoms. The van der Waals surface area contributed by atoms with E-state index in [0.29, 0.717) is 0 Å². The number of phosphoric ester groups is 1. The summed E-state index contributed by atoms with van der Waals surface area (Å²) in [7, 11) is -4.70. The first-order valence-electron chi connectivity index (χ1n) is 1.46. The quantitative estimate of drug-likeness (QED) is 0.338. The molecule has 0 bridgehead atoms. The van der Waals surface area contributed by atoms with Crippen molar-refractivity contribution < 1.29 is 23.7 Å². The Hall–Kier alpha value is 1.42. The summed E-state index contributed by atoms with van der Waals surface area (Å²) in [6, 6.07) is 0. The molecule has 6 nitrogen and oxygen atoms in total. The number of amides is 1. The van der Waals surface area contributed by atoms with Crippen LogP contribution >= 0.6 is 7.82 Å². The van der Waals surface area contributed by atoms with E-state index in [0.717, 1.165) is 0 Å². The van der Waals surface area contributed by atoms with Crippen LogP contribution in [0.25, 0.3) is 0 Å². The molecule has 0 spiro atoms.